The van der Waals surface area contributed by atoms with E-state index in [1.807, 2.05) is 50.5 Å². The number of aromatic nitrogens is 4. The summed E-state index contributed by atoms with van der Waals surface area (Å²) >= 11 is 1.72. The van der Waals surface area contributed by atoms with Crippen molar-refractivity contribution in [1.29, 1.82) is 0 Å². The van der Waals surface area contributed by atoms with Crippen molar-refractivity contribution in [3.63, 3.8) is 0 Å². The zero-order chi connectivity index (χ0) is 22.0. The molecule has 6 heteroatoms. The summed E-state index contributed by atoms with van der Waals surface area (Å²) in [4.78, 5) is 8.76. The standard InChI is InChI=1S/C22H20N4OS.C3H8/c1-3-22(2,27)15-5-4-14-10-17(24-16(14)11-15)20-21-18(25-26-20)12-19(28-21)13-6-8-23-9-7-13;1-3-2/h4-12,24,27H,3H2,1-2H3,(H,25,26);3H2,1-2H3. The van der Waals surface area contributed by atoms with Gasteiger partial charge in [-0.15, -0.1) is 11.3 Å². The zero-order valence-corrected chi connectivity index (χ0v) is 19.2. The second kappa shape index (κ2) is 8.65. The fraction of sp³-hybridized carbons (Fsp3) is 0.280. The number of nitrogens with one attached hydrogen (secondary N) is 2. The van der Waals surface area contributed by atoms with Crippen LogP contribution < -0.4 is 0 Å². The molecule has 0 radical (unpaired) electrons. The first kappa shape index (κ1) is 21.3. The van der Waals surface area contributed by atoms with Gasteiger partial charge in [-0.05, 0) is 54.8 Å². The lowest BCUT2D eigenvalue weighted by atomic mass is 9.93. The number of hydrogen-bond donors (Lipinski definition) is 3. The van der Waals surface area contributed by atoms with Crippen molar-refractivity contribution >= 4 is 32.5 Å². The summed E-state index contributed by atoms with van der Waals surface area (Å²) in [6.07, 6.45) is 5.53. The molecule has 5 rings (SSSR count). The molecule has 0 aliphatic heterocycles. The Morgan fingerprint density at radius 1 is 1.00 bits per heavy atom. The van der Waals surface area contributed by atoms with Crippen LogP contribution in [-0.4, -0.2) is 25.3 Å². The van der Waals surface area contributed by atoms with Crippen LogP contribution in [0.4, 0.5) is 0 Å². The van der Waals surface area contributed by atoms with E-state index in [9.17, 15) is 5.11 Å². The van der Waals surface area contributed by atoms with Crippen LogP contribution in [0.5, 0.6) is 0 Å². The Morgan fingerprint density at radius 2 is 1.74 bits per heavy atom. The molecular formula is C25H28N4OS. The fourth-order valence-electron chi connectivity index (χ4n) is 3.45. The Morgan fingerprint density at radius 3 is 2.45 bits per heavy atom. The highest BCUT2D eigenvalue weighted by Crippen LogP contribution is 2.38. The van der Waals surface area contributed by atoms with E-state index in [-0.39, 0.29) is 0 Å². The number of aromatic amines is 2. The van der Waals surface area contributed by atoms with Gasteiger partial charge in [-0.1, -0.05) is 39.3 Å². The van der Waals surface area contributed by atoms with Gasteiger partial charge in [0.25, 0.3) is 0 Å². The Balaban J connectivity index is 0.000000730. The minimum Gasteiger partial charge on any atom is -0.385 e. The fourth-order valence-corrected chi connectivity index (χ4v) is 4.57. The van der Waals surface area contributed by atoms with E-state index in [0.29, 0.717) is 6.42 Å². The van der Waals surface area contributed by atoms with Gasteiger partial charge in [0.05, 0.1) is 21.5 Å². The van der Waals surface area contributed by atoms with E-state index in [4.69, 9.17) is 0 Å². The molecule has 0 spiro atoms. The largest absolute Gasteiger partial charge is 0.385 e. The van der Waals surface area contributed by atoms with Crippen molar-refractivity contribution in [3.05, 3.63) is 60.4 Å². The highest BCUT2D eigenvalue weighted by molar-refractivity contribution is 7.22. The number of aliphatic hydroxyl groups is 1. The lowest BCUT2D eigenvalue weighted by Gasteiger charge is -2.21. The van der Waals surface area contributed by atoms with Crippen LogP contribution in [-0.2, 0) is 5.60 Å². The van der Waals surface area contributed by atoms with Crippen LogP contribution in [0.2, 0.25) is 0 Å². The van der Waals surface area contributed by atoms with Crippen molar-refractivity contribution in [2.45, 2.75) is 46.1 Å². The SMILES string of the molecule is CCC.CCC(C)(O)c1ccc2cc(-c3n[nH]c4cc(-c5ccncc5)sc34)[nH]c2c1. The van der Waals surface area contributed by atoms with Gasteiger partial charge in [0.2, 0.25) is 0 Å². The number of rotatable bonds is 4. The first-order valence-corrected chi connectivity index (χ1v) is 11.5. The van der Waals surface area contributed by atoms with Crippen molar-refractivity contribution < 1.29 is 5.11 Å². The van der Waals surface area contributed by atoms with Crippen LogP contribution in [0.1, 0.15) is 46.1 Å². The van der Waals surface area contributed by atoms with Crippen LogP contribution >= 0.6 is 11.3 Å². The molecule has 1 unspecified atom stereocenters. The van der Waals surface area contributed by atoms with Crippen LogP contribution in [0.3, 0.4) is 0 Å². The lowest BCUT2D eigenvalue weighted by molar-refractivity contribution is 0.0532. The normalized spacial score (nSPS) is 13.2. The maximum Gasteiger partial charge on any atom is 0.126 e. The van der Waals surface area contributed by atoms with Crippen LogP contribution in [0.25, 0.3) is 42.9 Å². The quantitative estimate of drug-likeness (QED) is 0.290. The second-order valence-electron chi connectivity index (χ2n) is 7.98. The number of H-pyrrole nitrogens is 2. The number of thiophene rings is 1. The van der Waals surface area contributed by atoms with Gasteiger partial charge in [-0.2, -0.15) is 5.10 Å². The zero-order valence-electron chi connectivity index (χ0n) is 18.4. The van der Waals surface area contributed by atoms with Crippen molar-refractivity contribution in [2.75, 3.05) is 0 Å². The molecule has 0 saturated carbocycles. The number of pyridine rings is 1. The highest BCUT2D eigenvalue weighted by atomic mass is 32.1. The molecule has 0 saturated heterocycles. The molecule has 0 fully saturated rings. The number of hydrogen-bond acceptors (Lipinski definition) is 4. The topological polar surface area (TPSA) is 77.6 Å². The van der Waals surface area contributed by atoms with Crippen molar-refractivity contribution in [1.82, 2.24) is 20.2 Å². The van der Waals surface area contributed by atoms with E-state index >= 15 is 0 Å². The van der Waals surface area contributed by atoms with E-state index < -0.39 is 5.60 Å². The molecular weight excluding hydrogens is 404 g/mol. The monoisotopic (exact) mass is 432 g/mol. The maximum absolute atomic E-state index is 10.6. The molecule has 5 nitrogen and oxygen atoms in total. The molecule has 1 aromatic carbocycles. The van der Waals surface area contributed by atoms with Gasteiger partial charge in [0, 0.05) is 28.2 Å². The van der Waals surface area contributed by atoms with Gasteiger partial charge in [-0.3, -0.25) is 10.1 Å². The summed E-state index contributed by atoms with van der Waals surface area (Å²) in [6, 6.07) is 14.4. The summed E-state index contributed by atoms with van der Waals surface area (Å²) in [5.41, 5.74) is 5.16. The predicted molar refractivity (Wildman–Crippen MR) is 130 cm³/mol. The summed E-state index contributed by atoms with van der Waals surface area (Å²) in [7, 11) is 0. The Bertz CT molecular complexity index is 1300. The first-order chi connectivity index (χ1) is 15.0. The van der Waals surface area contributed by atoms with Crippen molar-refractivity contribution in [2.24, 2.45) is 0 Å². The van der Waals surface area contributed by atoms with Gasteiger partial charge >= 0.3 is 0 Å². The summed E-state index contributed by atoms with van der Waals surface area (Å²) in [5, 5.41) is 19.4. The molecule has 0 aliphatic carbocycles. The minimum atomic E-state index is -0.827. The molecule has 0 bridgehead atoms. The average molecular weight is 433 g/mol. The summed E-state index contributed by atoms with van der Waals surface area (Å²) < 4.78 is 1.12. The van der Waals surface area contributed by atoms with Crippen LogP contribution in [0.15, 0.2) is 54.9 Å². The third-order valence-electron chi connectivity index (χ3n) is 5.39. The summed E-state index contributed by atoms with van der Waals surface area (Å²) in [6.45, 7) is 8.09. The highest BCUT2D eigenvalue weighted by Gasteiger charge is 2.21. The molecule has 31 heavy (non-hydrogen) atoms. The molecule has 160 valence electrons. The predicted octanol–water partition coefficient (Wildman–Crippen LogP) is 6.87. The molecule has 4 heterocycles. The second-order valence-corrected chi connectivity index (χ2v) is 9.03. The van der Waals surface area contributed by atoms with Gasteiger partial charge in [-0.25, -0.2) is 0 Å². The average Bonchev–Trinajstić information content (AvgIpc) is 3.48. The third kappa shape index (κ3) is 4.13. The van der Waals surface area contributed by atoms with Gasteiger partial charge < -0.3 is 10.1 Å². The number of benzene rings is 1. The first-order valence-electron chi connectivity index (χ1n) is 10.7. The Kier molecular flexibility index (Phi) is 5.94. The van der Waals surface area contributed by atoms with Gasteiger partial charge in [0.1, 0.15) is 5.69 Å². The number of nitrogens with zero attached hydrogens (tertiary/aromatic N) is 2. The smallest absolute Gasteiger partial charge is 0.126 e. The number of fused-ring (bicyclic) bond motifs is 2. The third-order valence-corrected chi connectivity index (χ3v) is 6.58. The van der Waals surface area contributed by atoms with Gasteiger partial charge in [0.15, 0.2) is 0 Å². The lowest BCUT2D eigenvalue weighted by Crippen LogP contribution is -2.19. The van der Waals surface area contributed by atoms with E-state index in [1.165, 1.54) is 11.3 Å². The molecule has 5 aromatic rings. The van der Waals surface area contributed by atoms with Crippen molar-refractivity contribution in [3.8, 4) is 21.8 Å². The minimum absolute atomic E-state index is 0.666. The Labute approximate surface area is 186 Å². The molecule has 1 atom stereocenters. The molecule has 0 aliphatic rings. The summed E-state index contributed by atoms with van der Waals surface area (Å²) in [5.74, 6) is 0. The Hall–Kier alpha value is -2.96. The van der Waals surface area contributed by atoms with Crippen LogP contribution in [0, 0.1) is 0 Å². The maximum atomic E-state index is 10.6. The molecule has 0 amide bonds. The molecule has 4 aromatic heterocycles. The molecule has 3 N–H and O–H groups in total. The van der Waals surface area contributed by atoms with E-state index in [0.717, 1.165) is 43.6 Å². The van der Waals surface area contributed by atoms with E-state index in [2.05, 4.69) is 52.2 Å². The van der Waals surface area contributed by atoms with E-state index in [1.54, 1.807) is 11.3 Å².